The number of carbonyl (C=O) groups is 2. The zero-order valence-electron chi connectivity index (χ0n) is 14.6. The number of halogens is 1. The summed E-state index contributed by atoms with van der Waals surface area (Å²) in [6.07, 6.45) is 1.82. The lowest BCUT2D eigenvalue weighted by Crippen LogP contribution is -2.35. The van der Waals surface area contributed by atoms with E-state index in [0.29, 0.717) is 15.7 Å². The zero-order valence-corrected chi connectivity index (χ0v) is 16.2. The third kappa shape index (κ3) is 4.74. The molecule has 2 amide bonds. The summed E-state index contributed by atoms with van der Waals surface area (Å²) in [6, 6.07) is 9.00. The van der Waals surface area contributed by atoms with Gasteiger partial charge in [0.1, 0.15) is 10.2 Å². The van der Waals surface area contributed by atoms with E-state index in [-0.39, 0.29) is 18.4 Å². The van der Waals surface area contributed by atoms with E-state index in [1.807, 2.05) is 38.3 Å². The Kier molecular flexibility index (Phi) is 6.45. The molecule has 1 aromatic carbocycles. The van der Waals surface area contributed by atoms with Crippen LogP contribution in [0.1, 0.15) is 21.5 Å². The lowest BCUT2D eigenvalue weighted by atomic mass is 10.1. The molecular formula is C18H20ClN3O2S. The van der Waals surface area contributed by atoms with Crippen LogP contribution in [0.4, 0.5) is 5.69 Å². The Morgan fingerprint density at radius 3 is 2.44 bits per heavy atom. The van der Waals surface area contributed by atoms with Crippen molar-refractivity contribution in [2.75, 3.05) is 25.2 Å². The van der Waals surface area contributed by atoms with E-state index in [0.717, 1.165) is 16.8 Å². The van der Waals surface area contributed by atoms with Gasteiger partial charge in [-0.2, -0.15) is 0 Å². The third-order valence-corrected chi connectivity index (χ3v) is 4.63. The van der Waals surface area contributed by atoms with Gasteiger partial charge in [0.05, 0.1) is 12.1 Å². The minimum Gasteiger partial charge on any atom is -0.332 e. The van der Waals surface area contributed by atoms with Crippen molar-refractivity contribution < 1.29 is 9.59 Å². The summed E-state index contributed by atoms with van der Waals surface area (Å²) in [7, 11) is 1.59. The molecule has 0 spiro atoms. The number of carbonyl (C=O) groups excluding carboxylic acids is 2. The molecule has 2 rings (SSSR count). The molecule has 1 aromatic heterocycles. The average Bonchev–Trinajstić information content (AvgIpc) is 2.57. The number of benzene rings is 1. The van der Waals surface area contributed by atoms with Crippen LogP contribution >= 0.6 is 23.4 Å². The van der Waals surface area contributed by atoms with Crippen LogP contribution in [-0.2, 0) is 4.79 Å². The minimum atomic E-state index is -0.273. The van der Waals surface area contributed by atoms with Gasteiger partial charge in [0.2, 0.25) is 5.91 Å². The maximum atomic E-state index is 12.6. The molecule has 0 saturated carbocycles. The molecule has 0 aliphatic carbocycles. The number of nitrogens with one attached hydrogen (secondary N) is 1. The van der Waals surface area contributed by atoms with E-state index >= 15 is 0 Å². The SMILES string of the molecule is CSc1nc(Cl)ccc1C(=O)N(C)CC(=O)Nc1c(C)cccc1C. The van der Waals surface area contributed by atoms with Crippen molar-refractivity contribution in [2.24, 2.45) is 0 Å². The van der Waals surface area contributed by atoms with Crippen LogP contribution in [0.3, 0.4) is 0 Å². The number of aryl methyl sites for hydroxylation is 2. The number of nitrogens with zero attached hydrogens (tertiary/aromatic N) is 2. The number of para-hydroxylation sites is 1. The first-order chi connectivity index (χ1) is 11.8. The topological polar surface area (TPSA) is 62.3 Å². The number of likely N-dealkylation sites (N-methyl/N-ethyl adjacent to an activating group) is 1. The van der Waals surface area contributed by atoms with Gasteiger partial charge in [-0.05, 0) is 43.4 Å². The molecule has 1 N–H and O–H groups in total. The predicted octanol–water partition coefficient (Wildman–Crippen LogP) is 3.78. The number of hydrogen-bond donors (Lipinski definition) is 1. The third-order valence-electron chi connectivity index (χ3n) is 3.72. The van der Waals surface area contributed by atoms with Crippen LogP contribution in [0, 0.1) is 13.8 Å². The minimum absolute atomic E-state index is 0.0525. The molecule has 0 saturated heterocycles. The fourth-order valence-electron chi connectivity index (χ4n) is 2.42. The molecule has 132 valence electrons. The molecule has 0 fully saturated rings. The second-order valence-electron chi connectivity index (χ2n) is 5.67. The monoisotopic (exact) mass is 377 g/mol. The first-order valence-electron chi connectivity index (χ1n) is 7.65. The van der Waals surface area contributed by atoms with Crippen molar-refractivity contribution in [3.63, 3.8) is 0 Å². The number of amides is 2. The fourth-order valence-corrected chi connectivity index (χ4v) is 3.18. The van der Waals surface area contributed by atoms with E-state index < -0.39 is 0 Å². The average molecular weight is 378 g/mol. The van der Waals surface area contributed by atoms with Gasteiger partial charge in [0.15, 0.2) is 0 Å². The van der Waals surface area contributed by atoms with Crippen LogP contribution in [0.2, 0.25) is 5.15 Å². The molecule has 0 aliphatic heterocycles. The second-order valence-corrected chi connectivity index (χ2v) is 6.85. The van der Waals surface area contributed by atoms with Crippen molar-refractivity contribution in [3.05, 3.63) is 52.2 Å². The zero-order chi connectivity index (χ0) is 18.6. The van der Waals surface area contributed by atoms with Gasteiger partial charge in [-0.25, -0.2) is 4.98 Å². The lowest BCUT2D eigenvalue weighted by molar-refractivity contribution is -0.116. The van der Waals surface area contributed by atoms with Gasteiger partial charge in [-0.3, -0.25) is 9.59 Å². The molecule has 7 heteroatoms. The Bertz CT molecular complexity index is 791. The number of thioether (sulfide) groups is 1. The normalized spacial score (nSPS) is 10.4. The highest BCUT2D eigenvalue weighted by Gasteiger charge is 2.19. The van der Waals surface area contributed by atoms with Crippen LogP contribution in [0.25, 0.3) is 0 Å². The van der Waals surface area contributed by atoms with E-state index in [4.69, 9.17) is 11.6 Å². The predicted molar refractivity (Wildman–Crippen MR) is 103 cm³/mol. The Hall–Kier alpha value is -2.05. The first kappa shape index (κ1) is 19.3. The number of anilines is 1. The Morgan fingerprint density at radius 1 is 1.20 bits per heavy atom. The van der Waals surface area contributed by atoms with Crippen LogP contribution in [-0.4, -0.2) is 41.5 Å². The Labute approximate surface area is 156 Å². The van der Waals surface area contributed by atoms with Crippen molar-refractivity contribution >= 4 is 40.9 Å². The number of rotatable bonds is 5. The van der Waals surface area contributed by atoms with E-state index in [9.17, 15) is 9.59 Å². The summed E-state index contributed by atoms with van der Waals surface area (Å²) in [4.78, 5) is 30.4. The van der Waals surface area contributed by atoms with Crippen LogP contribution in [0.15, 0.2) is 35.4 Å². The molecular weight excluding hydrogens is 358 g/mol. The first-order valence-corrected chi connectivity index (χ1v) is 9.25. The van der Waals surface area contributed by atoms with Gasteiger partial charge in [-0.15, -0.1) is 11.8 Å². The van der Waals surface area contributed by atoms with E-state index in [1.54, 1.807) is 19.2 Å². The standard InChI is InChI=1S/C18H20ClN3O2S/c1-11-6-5-7-12(2)16(11)21-15(23)10-22(3)18(24)13-8-9-14(19)20-17(13)25-4/h5-9H,10H2,1-4H3,(H,21,23). The molecule has 2 aromatic rings. The molecule has 25 heavy (non-hydrogen) atoms. The summed E-state index contributed by atoms with van der Waals surface area (Å²) in [5.74, 6) is -0.522. The second kappa shape index (κ2) is 8.36. The molecule has 0 unspecified atom stereocenters. The molecule has 5 nitrogen and oxygen atoms in total. The van der Waals surface area contributed by atoms with Crippen LogP contribution in [0.5, 0.6) is 0 Å². The van der Waals surface area contributed by atoms with Gasteiger partial charge >= 0.3 is 0 Å². The van der Waals surface area contributed by atoms with Gasteiger partial charge in [-0.1, -0.05) is 29.8 Å². The molecule has 1 heterocycles. The van der Waals surface area contributed by atoms with Gasteiger partial charge in [0.25, 0.3) is 5.91 Å². The summed E-state index contributed by atoms with van der Waals surface area (Å²) in [6.45, 7) is 3.81. The molecule has 0 radical (unpaired) electrons. The number of pyridine rings is 1. The molecule has 0 aliphatic rings. The van der Waals surface area contributed by atoms with Crippen molar-refractivity contribution in [2.45, 2.75) is 18.9 Å². The number of aromatic nitrogens is 1. The quantitative estimate of drug-likeness (QED) is 0.636. The molecule has 0 atom stereocenters. The Balaban J connectivity index is 2.10. The highest BCUT2D eigenvalue weighted by molar-refractivity contribution is 7.98. The van der Waals surface area contributed by atoms with Crippen molar-refractivity contribution in [1.29, 1.82) is 0 Å². The highest BCUT2D eigenvalue weighted by atomic mass is 35.5. The largest absolute Gasteiger partial charge is 0.332 e. The fraction of sp³-hybridized carbons (Fsp3) is 0.278. The van der Waals surface area contributed by atoms with E-state index in [2.05, 4.69) is 10.3 Å². The van der Waals surface area contributed by atoms with Gasteiger partial charge in [0, 0.05) is 12.7 Å². The maximum absolute atomic E-state index is 12.6. The summed E-state index contributed by atoms with van der Waals surface area (Å²) >= 11 is 7.21. The van der Waals surface area contributed by atoms with E-state index in [1.165, 1.54) is 16.7 Å². The molecule has 0 bridgehead atoms. The maximum Gasteiger partial charge on any atom is 0.256 e. The van der Waals surface area contributed by atoms with Crippen LogP contribution < -0.4 is 5.32 Å². The smallest absolute Gasteiger partial charge is 0.256 e. The lowest BCUT2D eigenvalue weighted by Gasteiger charge is -2.19. The summed E-state index contributed by atoms with van der Waals surface area (Å²) < 4.78 is 0. The van der Waals surface area contributed by atoms with Gasteiger partial charge < -0.3 is 10.2 Å². The highest BCUT2D eigenvalue weighted by Crippen LogP contribution is 2.22. The Morgan fingerprint density at radius 2 is 1.84 bits per heavy atom. The summed E-state index contributed by atoms with van der Waals surface area (Å²) in [5.41, 5.74) is 3.17. The number of hydrogen-bond acceptors (Lipinski definition) is 4. The van der Waals surface area contributed by atoms with Crippen molar-refractivity contribution in [3.8, 4) is 0 Å². The summed E-state index contributed by atoms with van der Waals surface area (Å²) in [5, 5.41) is 3.75. The van der Waals surface area contributed by atoms with Crippen molar-refractivity contribution in [1.82, 2.24) is 9.88 Å².